The molecule has 1 aromatic carbocycles. The fourth-order valence-electron chi connectivity index (χ4n) is 1.95. The highest BCUT2D eigenvalue weighted by Crippen LogP contribution is 2.16. The van der Waals surface area contributed by atoms with E-state index in [1.54, 1.807) is 0 Å². The number of benzene rings is 1. The Hall–Kier alpha value is -1.06. The van der Waals surface area contributed by atoms with Gasteiger partial charge in [0.1, 0.15) is 0 Å². The first-order chi connectivity index (χ1) is 9.04. The number of rotatable bonds is 7. The molecule has 4 heteroatoms. The summed E-state index contributed by atoms with van der Waals surface area (Å²) in [5.41, 5.74) is 6.88. The number of carbonyl (C=O) groups is 1. The second-order valence-corrected chi connectivity index (χ2v) is 5.36. The molecule has 0 bridgehead atoms. The summed E-state index contributed by atoms with van der Waals surface area (Å²) in [6.45, 7) is 4.05. The summed E-state index contributed by atoms with van der Waals surface area (Å²) in [7, 11) is 0. The van der Waals surface area contributed by atoms with Crippen molar-refractivity contribution in [3.8, 4) is 0 Å². The van der Waals surface area contributed by atoms with E-state index in [0.29, 0.717) is 6.42 Å². The summed E-state index contributed by atoms with van der Waals surface area (Å²) < 4.78 is 0. The fraction of sp³-hybridized carbons (Fsp3) is 0.533. The minimum Gasteiger partial charge on any atom is -0.352 e. The first-order valence-electron chi connectivity index (χ1n) is 6.84. The SMILES string of the molecule is CCCCC(N)C(=O)NC(C)Cc1ccccc1Cl. The molecule has 1 amide bonds. The molecule has 0 fully saturated rings. The Morgan fingerprint density at radius 3 is 2.74 bits per heavy atom. The van der Waals surface area contributed by atoms with E-state index in [-0.39, 0.29) is 11.9 Å². The summed E-state index contributed by atoms with van der Waals surface area (Å²) in [6.07, 6.45) is 3.48. The van der Waals surface area contributed by atoms with Crippen LogP contribution in [0.4, 0.5) is 0 Å². The maximum Gasteiger partial charge on any atom is 0.237 e. The Labute approximate surface area is 120 Å². The summed E-state index contributed by atoms with van der Waals surface area (Å²) in [4.78, 5) is 11.9. The van der Waals surface area contributed by atoms with Gasteiger partial charge < -0.3 is 11.1 Å². The van der Waals surface area contributed by atoms with Crippen LogP contribution in [0.5, 0.6) is 0 Å². The highest BCUT2D eigenvalue weighted by Gasteiger charge is 2.15. The Bertz CT molecular complexity index is 409. The smallest absolute Gasteiger partial charge is 0.237 e. The van der Waals surface area contributed by atoms with Crippen LogP contribution in [0.25, 0.3) is 0 Å². The first-order valence-corrected chi connectivity index (χ1v) is 7.21. The van der Waals surface area contributed by atoms with Gasteiger partial charge in [-0.3, -0.25) is 4.79 Å². The molecule has 0 aliphatic carbocycles. The van der Waals surface area contributed by atoms with Gasteiger partial charge in [0.25, 0.3) is 0 Å². The van der Waals surface area contributed by atoms with Crippen LogP contribution in [0.1, 0.15) is 38.7 Å². The fourth-order valence-corrected chi connectivity index (χ4v) is 2.16. The molecular weight excluding hydrogens is 260 g/mol. The molecule has 106 valence electrons. The van der Waals surface area contributed by atoms with Gasteiger partial charge in [0.05, 0.1) is 6.04 Å². The molecule has 3 N–H and O–H groups in total. The van der Waals surface area contributed by atoms with Crippen LogP contribution in [-0.4, -0.2) is 18.0 Å². The zero-order valence-corrected chi connectivity index (χ0v) is 12.4. The second-order valence-electron chi connectivity index (χ2n) is 4.95. The highest BCUT2D eigenvalue weighted by molar-refractivity contribution is 6.31. The molecular formula is C15H23ClN2O. The molecule has 0 saturated heterocycles. The molecule has 19 heavy (non-hydrogen) atoms. The van der Waals surface area contributed by atoms with E-state index in [0.717, 1.165) is 29.8 Å². The van der Waals surface area contributed by atoms with Crippen LogP contribution in [-0.2, 0) is 11.2 Å². The second kappa shape index (κ2) is 8.18. The van der Waals surface area contributed by atoms with Crippen molar-refractivity contribution in [2.75, 3.05) is 0 Å². The van der Waals surface area contributed by atoms with E-state index in [1.807, 2.05) is 31.2 Å². The number of nitrogens with one attached hydrogen (secondary N) is 1. The van der Waals surface area contributed by atoms with Gasteiger partial charge in [-0.25, -0.2) is 0 Å². The van der Waals surface area contributed by atoms with Crippen molar-refractivity contribution in [3.63, 3.8) is 0 Å². The Kier molecular flexibility index (Phi) is 6.89. The standard InChI is InChI=1S/C15H23ClN2O/c1-3-4-9-14(17)15(19)18-11(2)10-12-7-5-6-8-13(12)16/h5-8,11,14H,3-4,9-10,17H2,1-2H3,(H,18,19). The van der Waals surface area contributed by atoms with Crippen molar-refractivity contribution in [2.24, 2.45) is 5.73 Å². The lowest BCUT2D eigenvalue weighted by molar-refractivity contribution is -0.123. The number of hydrogen-bond donors (Lipinski definition) is 2. The summed E-state index contributed by atoms with van der Waals surface area (Å²) in [5.74, 6) is -0.0759. The molecule has 1 aromatic rings. The number of halogens is 1. The van der Waals surface area contributed by atoms with Gasteiger partial charge in [0.15, 0.2) is 0 Å². The van der Waals surface area contributed by atoms with Gasteiger partial charge >= 0.3 is 0 Å². The van der Waals surface area contributed by atoms with Crippen LogP contribution >= 0.6 is 11.6 Å². The molecule has 0 spiro atoms. The summed E-state index contributed by atoms with van der Waals surface area (Å²) in [5, 5.41) is 3.68. The molecule has 3 nitrogen and oxygen atoms in total. The van der Waals surface area contributed by atoms with E-state index in [1.165, 1.54) is 0 Å². The van der Waals surface area contributed by atoms with Crippen LogP contribution in [0.15, 0.2) is 24.3 Å². The lowest BCUT2D eigenvalue weighted by atomic mass is 10.1. The van der Waals surface area contributed by atoms with Crippen LogP contribution in [0.3, 0.4) is 0 Å². The lowest BCUT2D eigenvalue weighted by Gasteiger charge is -2.18. The van der Waals surface area contributed by atoms with Crippen LogP contribution < -0.4 is 11.1 Å². The van der Waals surface area contributed by atoms with E-state index in [2.05, 4.69) is 12.2 Å². The third kappa shape index (κ3) is 5.62. The van der Waals surface area contributed by atoms with Gasteiger partial charge in [-0.05, 0) is 31.4 Å². The molecule has 0 radical (unpaired) electrons. The number of nitrogens with two attached hydrogens (primary N) is 1. The molecule has 0 aliphatic rings. The largest absolute Gasteiger partial charge is 0.352 e. The normalized spacial score (nSPS) is 13.9. The third-order valence-electron chi connectivity index (χ3n) is 3.08. The monoisotopic (exact) mass is 282 g/mol. The van der Waals surface area contributed by atoms with Crippen molar-refractivity contribution in [1.29, 1.82) is 0 Å². The average Bonchev–Trinajstić information content (AvgIpc) is 2.38. The first kappa shape index (κ1) is 16.0. The van der Waals surface area contributed by atoms with Gasteiger partial charge in [-0.15, -0.1) is 0 Å². The third-order valence-corrected chi connectivity index (χ3v) is 3.45. The average molecular weight is 283 g/mol. The zero-order chi connectivity index (χ0) is 14.3. The number of unbranched alkanes of at least 4 members (excludes halogenated alkanes) is 1. The molecule has 2 unspecified atom stereocenters. The molecule has 2 atom stereocenters. The highest BCUT2D eigenvalue weighted by atomic mass is 35.5. The van der Waals surface area contributed by atoms with Crippen molar-refractivity contribution in [2.45, 2.75) is 51.6 Å². The van der Waals surface area contributed by atoms with E-state index in [4.69, 9.17) is 17.3 Å². The minimum absolute atomic E-state index is 0.0278. The summed E-state index contributed by atoms with van der Waals surface area (Å²) >= 11 is 6.10. The van der Waals surface area contributed by atoms with Crippen LogP contribution in [0.2, 0.25) is 5.02 Å². The summed E-state index contributed by atoms with van der Waals surface area (Å²) in [6, 6.07) is 7.30. The Morgan fingerprint density at radius 2 is 2.11 bits per heavy atom. The minimum atomic E-state index is -0.409. The molecule has 0 saturated carbocycles. The maximum absolute atomic E-state index is 11.9. The molecule has 0 heterocycles. The maximum atomic E-state index is 11.9. The molecule has 0 aromatic heterocycles. The van der Waals surface area contributed by atoms with E-state index in [9.17, 15) is 4.79 Å². The van der Waals surface area contributed by atoms with Gasteiger partial charge in [0.2, 0.25) is 5.91 Å². The predicted molar refractivity (Wildman–Crippen MR) is 80.3 cm³/mol. The van der Waals surface area contributed by atoms with E-state index >= 15 is 0 Å². The quantitative estimate of drug-likeness (QED) is 0.808. The molecule has 0 aliphatic heterocycles. The van der Waals surface area contributed by atoms with Crippen LogP contribution in [0, 0.1) is 0 Å². The van der Waals surface area contributed by atoms with Crippen molar-refractivity contribution in [3.05, 3.63) is 34.9 Å². The zero-order valence-electron chi connectivity index (χ0n) is 11.7. The lowest BCUT2D eigenvalue weighted by Crippen LogP contribution is -2.45. The predicted octanol–water partition coefficient (Wildman–Crippen LogP) is 2.90. The Balaban J connectivity index is 2.45. The topological polar surface area (TPSA) is 55.1 Å². The number of carbonyl (C=O) groups excluding carboxylic acids is 1. The van der Waals surface area contributed by atoms with Crippen molar-refractivity contribution >= 4 is 17.5 Å². The number of amides is 1. The van der Waals surface area contributed by atoms with Crippen molar-refractivity contribution < 1.29 is 4.79 Å². The van der Waals surface area contributed by atoms with Gasteiger partial charge in [-0.2, -0.15) is 0 Å². The Morgan fingerprint density at radius 1 is 1.42 bits per heavy atom. The van der Waals surface area contributed by atoms with Crippen molar-refractivity contribution in [1.82, 2.24) is 5.32 Å². The molecule has 1 rings (SSSR count). The van der Waals surface area contributed by atoms with E-state index < -0.39 is 6.04 Å². The number of hydrogen-bond acceptors (Lipinski definition) is 2. The van der Waals surface area contributed by atoms with Gasteiger partial charge in [-0.1, -0.05) is 49.6 Å². The van der Waals surface area contributed by atoms with Gasteiger partial charge in [0, 0.05) is 11.1 Å².